The van der Waals surface area contributed by atoms with E-state index in [1.54, 1.807) is 0 Å². The van der Waals surface area contributed by atoms with E-state index in [1.807, 2.05) is 18.7 Å². The summed E-state index contributed by atoms with van der Waals surface area (Å²) in [6, 6.07) is 0.316. The van der Waals surface area contributed by atoms with Gasteiger partial charge in [-0.25, -0.2) is 0 Å². The van der Waals surface area contributed by atoms with Crippen LogP contribution in [0.3, 0.4) is 0 Å². The lowest BCUT2D eigenvalue weighted by molar-refractivity contribution is -0.151. The van der Waals surface area contributed by atoms with E-state index in [2.05, 4.69) is 12.2 Å². The fourth-order valence-electron chi connectivity index (χ4n) is 2.91. The van der Waals surface area contributed by atoms with Crippen LogP contribution in [0.5, 0.6) is 0 Å². The Morgan fingerprint density at radius 1 is 1.29 bits per heavy atom. The second-order valence-electron chi connectivity index (χ2n) is 5.24. The Morgan fingerprint density at radius 2 is 1.94 bits per heavy atom. The Bertz CT molecular complexity index is 336. The van der Waals surface area contributed by atoms with Crippen LogP contribution in [0.1, 0.15) is 46.5 Å². The standard InChI is InChI=1S/C13H22N2O2/c1-4-9-7-10(9)15-8-11(16)14-13(5-2,6-3)12(15)17/h9-10H,4-8H2,1-3H3,(H,14,16). The van der Waals surface area contributed by atoms with Crippen molar-refractivity contribution in [3.05, 3.63) is 0 Å². The molecule has 0 radical (unpaired) electrons. The predicted molar refractivity (Wildman–Crippen MR) is 65.4 cm³/mol. The highest BCUT2D eigenvalue weighted by Crippen LogP contribution is 2.40. The van der Waals surface area contributed by atoms with Gasteiger partial charge in [0.25, 0.3) is 0 Å². The van der Waals surface area contributed by atoms with Gasteiger partial charge in [-0.15, -0.1) is 0 Å². The molecule has 1 saturated carbocycles. The Balaban J connectivity index is 2.18. The Hall–Kier alpha value is -1.06. The van der Waals surface area contributed by atoms with Crippen molar-refractivity contribution in [2.75, 3.05) is 6.54 Å². The Morgan fingerprint density at radius 3 is 2.41 bits per heavy atom. The smallest absolute Gasteiger partial charge is 0.249 e. The van der Waals surface area contributed by atoms with Crippen LogP contribution < -0.4 is 5.32 Å². The summed E-state index contributed by atoms with van der Waals surface area (Å²) in [4.78, 5) is 26.1. The summed E-state index contributed by atoms with van der Waals surface area (Å²) in [7, 11) is 0. The van der Waals surface area contributed by atoms with Gasteiger partial charge in [-0.05, 0) is 25.2 Å². The van der Waals surface area contributed by atoms with Gasteiger partial charge in [-0.2, -0.15) is 0 Å². The maximum atomic E-state index is 12.5. The molecule has 1 heterocycles. The van der Waals surface area contributed by atoms with Crippen molar-refractivity contribution < 1.29 is 9.59 Å². The molecule has 4 nitrogen and oxygen atoms in total. The molecular weight excluding hydrogens is 216 g/mol. The van der Waals surface area contributed by atoms with Crippen LogP contribution in [0.15, 0.2) is 0 Å². The SMILES string of the molecule is CCC1CC1N1CC(=O)NC(CC)(CC)C1=O. The zero-order valence-electron chi connectivity index (χ0n) is 11.0. The number of nitrogens with one attached hydrogen (secondary N) is 1. The first-order valence-electron chi connectivity index (χ1n) is 6.70. The highest BCUT2D eigenvalue weighted by atomic mass is 16.2. The maximum Gasteiger partial charge on any atom is 0.249 e. The van der Waals surface area contributed by atoms with Gasteiger partial charge < -0.3 is 10.2 Å². The minimum absolute atomic E-state index is 0.00458. The molecule has 0 bridgehead atoms. The molecule has 0 aromatic rings. The van der Waals surface area contributed by atoms with Gasteiger partial charge in [0.1, 0.15) is 5.54 Å². The molecule has 2 aliphatic rings. The molecule has 2 fully saturated rings. The average Bonchev–Trinajstić information content (AvgIpc) is 3.11. The third kappa shape index (κ3) is 1.94. The average molecular weight is 238 g/mol. The third-order valence-electron chi connectivity index (χ3n) is 4.38. The van der Waals surface area contributed by atoms with E-state index in [4.69, 9.17) is 0 Å². The molecule has 1 aliphatic carbocycles. The van der Waals surface area contributed by atoms with Crippen molar-refractivity contribution in [3.63, 3.8) is 0 Å². The van der Waals surface area contributed by atoms with Gasteiger partial charge in [0.15, 0.2) is 0 Å². The van der Waals surface area contributed by atoms with E-state index in [0.717, 1.165) is 12.8 Å². The van der Waals surface area contributed by atoms with E-state index in [1.165, 1.54) is 0 Å². The molecule has 17 heavy (non-hydrogen) atoms. The highest BCUT2D eigenvalue weighted by Gasteiger charge is 2.51. The van der Waals surface area contributed by atoms with E-state index < -0.39 is 5.54 Å². The van der Waals surface area contributed by atoms with Crippen LogP contribution in [-0.2, 0) is 9.59 Å². The lowest BCUT2D eigenvalue weighted by atomic mass is 9.89. The fourth-order valence-corrected chi connectivity index (χ4v) is 2.91. The van der Waals surface area contributed by atoms with Crippen molar-refractivity contribution in [2.24, 2.45) is 5.92 Å². The number of carbonyl (C=O) groups excluding carboxylic acids is 2. The number of hydrogen-bond acceptors (Lipinski definition) is 2. The van der Waals surface area contributed by atoms with E-state index >= 15 is 0 Å². The second kappa shape index (κ2) is 4.31. The maximum absolute atomic E-state index is 12.5. The molecule has 1 N–H and O–H groups in total. The topological polar surface area (TPSA) is 49.4 Å². The summed E-state index contributed by atoms with van der Waals surface area (Å²) in [5.74, 6) is 0.731. The summed E-state index contributed by atoms with van der Waals surface area (Å²) < 4.78 is 0. The van der Waals surface area contributed by atoms with E-state index in [-0.39, 0.29) is 18.4 Å². The van der Waals surface area contributed by atoms with Crippen LogP contribution in [-0.4, -0.2) is 34.8 Å². The lowest BCUT2D eigenvalue weighted by Crippen LogP contribution is -2.66. The summed E-state index contributed by atoms with van der Waals surface area (Å²) in [6.07, 6.45) is 3.52. The fraction of sp³-hybridized carbons (Fsp3) is 0.846. The van der Waals surface area contributed by atoms with Crippen LogP contribution in [0, 0.1) is 5.92 Å². The molecule has 4 heteroatoms. The first-order valence-corrected chi connectivity index (χ1v) is 6.70. The normalized spacial score (nSPS) is 31.4. The molecule has 1 aliphatic heterocycles. The molecule has 2 unspecified atom stereocenters. The van der Waals surface area contributed by atoms with Gasteiger partial charge in [0.05, 0.1) is 6.54 Å². The minimum atomic E-state index is -0.643. The number of piperazine rings is 1. The zero-order chi connectivity index (χ0) is 12.6. The number of carbonyl (C=O) groups is 2. The van der Waals surface area contributed by atoms with Gasteiger partial charge in [0, 0.05) is 6.04 Å². The molecule has 2 rings (SSSR count). The molecule has 0 aromatic carbocycles. The molecule has 0 aromatic heterocycles. The Labute approximate surface area is 103 Å². The first-order chi connectivity index (χ1) is 8.07. The molecule has 1 saturated heterocycles. The van der Waals surface area contributed by atoms with Crippen molar-refractivity contribution in [1.82, 2.24) is 10.2 Å². The summed E-state index contributed by atoms with van der Waals surface area (Å²) in [5, 5.41) is 2.89. The van der Waals surface area contributed by atoms with Crippen LogP contribution in [0.25, 0.3) is 0 Å². The van der Waals surface area contributed by atoms with Gasteiger partial charge in [-0.1, -0.05) is 27.2 Å². The van der Waals surface area contributed by atoms with E-state index in [0.29, 0.717) is 24.8 Å². The lowest BCUT2D eigenvalue weighted by Gasteiger charge is -2.41. The molecule has 2 atom stereocenters. The monoisotopic (exact) mass is 238 g/mol. The van der Waals surface area contributed by atoms with Crippen molar-refractivity contribution in [2.45, 2.75) is 58.0 Å². The van der Waals surface area contributed by atoms with Crippen molar-refractivity contribution in [3.8, 4) is 0 Å². The summed E-state index contributed by atoms with van der Waals surface area (Å²) in [5.41, 5.74) is -0.643. The number of amides is 2. The van der Waals surface area contributed by atoms with Gasteiger partial charge >= 0.3 is 0 Å². The molecule has 2 amide bonds. The largest absolute Gasteiger partial charge is 0.340 e. The zero-order valence-corrected chi connectivity index (χ0v) is 11.0. The van der Waals surface area contributed by atoms with Crippen LogP contribution in [0.2, 0.25) is 0 Å². The third-order valence-corrected chi connectivity index (χ3v) is 4.38. The van der Waals surface area contributed by atoms with Crippen LogP contribution >= 0.6 is 0 Å². The van der Waals surface area contributed by atoms with Crippen LogP contribution in [0.4, 0.5) is 0 Å². The van der Waals surface area contributed by atoms with E-state index in [9.17, 15) is 9.59 Å². The number of hydrogen-bond donors (Lipinski definition) is 1. The second-order valence-corrected chi connectivity index (χ2v) is 5.24. The first kappa shape index (κ1) is 12.4. The molecule has 96 valence electrons. The Kier molecular flexibility index (Phi) is 3.15. The van der Waals surface area contributed by atoms with Crippen molar-refractivity contribution in [1.29, 1.82) is 0 Å². The van der Waals surface area contributed by atoms with Gasteiger partial charge in [-0.3, -0.25) is 9.59 Å². The molecular formula is C13H22N2O2. The minimum Gasteiger partial charge on any atom is -0.340 e. The quantitative estimate of drug-likeness (QED) is 0.802. The molecule has 0 spiro atoms. The number of nitrogens with zero attached hydrogens (tertiary/aromatic N) is 1. The predicted octanol–water partition coefficient (Wildman–Crippen LogP) is 1.30. The van der Waals surface area contributed by atoms with Gasteiger partial charge in [0.2, 0.25) is 11.8 Å². The summed E-state index contributed by atoms with van der Waals surface area (Å²) >= 11 is 0. The number of rotatable bonds is 4. The van der Waals surface area contributed by atoms with Crippen molar-refractivity contribution >= 4 is 11.8 Å². The summed E-state index contributed by atoms with van der Waals surface area (Å²) in [6.45, 7) is 6.33. The highest BCUT2D eigenvalue weighted by molar-refractivity contribution is 5.98.